The van der Waals surface area contributed by atoms with E-state index in [4.69, 9.17) is 4.74 Å². The van der Waals surface area contributed by atoms with Gasteiger partial charge in [-0.05, 0) is 37.6 Å². The third-order valence-electron chi connectivity index (χ3n) is 4.75. The smallest absolute Gasteiger partial charge is 0.229 e. The predicted octanol–water partition coefficient (Wildman–Crippen LogP) is 4.86. The number of benzene rings is 2. The molecule has 0 bridgehead atoms. The lowest BCUT2D eigenvalue weighted by atomic mass is 10.2. The summed E-state index contributed by atoms with van der Waals surface area (Å²) in [5.74, 6) is 1.95. The van der Waals surface area contributed by atoms with Crippen molar-refractivity contribution in [2.24, 2.45) is 0 Å². The molecule has 30 heavy (non-hydrogen) atoms. The Morgan fingerprint density at radius 1 is 1.20 bits per heavy atom. The zero-order valence-electron chi connectivity index (χ0n) is 17.2. The number of methoxy groups -OCH3 is 1. The zero-order chi connectivity index (χ0) is 21.3. The SMILES string of the molecule is C=CCNc1ccc(Nc2ncc3c(n2)N3c2ccccc2P(C)(C)=O)c(OC)c1. The fourth-order valence-corrected chi connectivity index (χ4v) is 4.44. The highest BCUT2D eigenvalue weighted by molar-refractivity contribution is 7.70. The first-order valence-electron chi connectivity index (χ1n) is 9.54. The van der Waals surface area contributed by atoms with Crippen molar-refractivity contribution in [3.8, 4) is 5.75 Å². The van der Waals surface area contributed by atoms with Gasteiger partial charge in [-0.15, -0.1) is 6.58 Å². The third-order valence-corrected chi connectivity index (χ3v) is 6.29. The molecule has 0 radical (unpaired) electrons. The van der Waals surface area contributed by atoms with E-state index in [0.29, 0.717) is 18.2 Å². The maximum Gasteiger partial charge on any atom is 0.229 e. The van der Waals surface area contributed by atoms with Crippen LogP contribution in [0, 0.1) is 0 Å². The van der Waals surface area contributed by atoms with Crippen LogP contribution in [-0.4, -0.2) is 37.0 Å². The van der Waals surface area contributed by atoms with Crippen molar-refractivity contribution in [2.45, 2.75) is 0 Å². The summed E-state index contributed by atoms with van der Waals surface area (Å²) in [6.45, 7) is 7.93. The molecule has 7 nitrogen and oxygen atoms in total. The molecule has 0 fully saturated rings. The summed E-state index contributed by atoms with van der Waals surface area (Å²) < 4.78 is 18.2. The normalized spacial score (nSPS) is 12.2. The molecular weight excluding hydrogens is 397 g/mol. The summed E-state index contributed by atoms with van der Waals surface area (Å²) in [7, 11) is -0.800. The van der Waals surface area contributed by atoms with Gasteiger partial charge >= 0.3 is 0 Å². The number of rotatable bonds is 8. The Labute approximate surface area is 176 Å². The number of hydrogen-bond donors (Lipinski definition) is 2. The number of hydrogen-bond acceptors (Lipinski definition) is 7. The van der Waals surface area contributed by atoms with Gasteiger partial charge in [-0.25, -0.2) is 4.98 Å². The number of fused-ring (bicyclic) bond motifs is 1. The van der Waals surface area contributed by atoms with Crippen molar-refractivity contribution in [3.63, 3.8) is 0 Å². The lowest BCUT2D eigenvalue weighted by Crippen LogP contribution is -2.09. The van der Waals surface area contributed by atoms with Crippen molar-refractivity contribution in [1.82, 2.24) is 9.97 Å². The Hall–Kier alpha value is -3.31. The van der Waals surface area contributed by atoms with Crippen molar-refractivity contribution in [3.05, 3.63) is 61.3 Å². The van der Waals surface area contributed by atoms with Crippen LogP contribution in [0.3, 0.4) is 0 Å². The summed E-state index contributed by atoms with van der Waals surface area (Å²) in [5, 5.41) is 7.29. The maximum atomic E-state index is 12.7. The van der Waals surface area contributed by atoms with E-state index in [1.807, 2.05) is 47.4 Å². The van der Waals surface area contributed by atoms with E-state index >= 15 is 0 Å². The quantitative estimate of drug-likeness (QED) is 0.239. The average Bonchev–Trinajstić information content (AvgIpc) is 3.45. The number of nitrogens with one attached hydrogen (secondary N) is 2. The van der Waals surface area contributed by atoms with Crippen LogP contribution in [0.5, 0.6) is 5.75 Å². The van der Waals surface area contributed by atoms with Crippen molar-refractivity contribution < 1.29 is 9.30 Å². The van der Waals surface area contributed by atoms with Gasteiger partial charge in [0.1, 0.15) is 18.6 Å². The first kappa shape index (κ1) is 20.0. The molecule has 3 aromatic rings. The van der Waals surface area contributed by atoms with Gasteiger partial charge < -0.3 is 19.9 Å². The van der Waals surface area contributed by atoms with Crippen LogP contribution in [0.2, 0.25) is 0 Å². The minimum absolute atomic E-state index is 0.468. The minimum atomic E-state index is -2.42. The Kier molecular flexibility index (Phi) is 5.22. The van der Waals surface area contributed by atoms with Crippen LogP contribution < -0.4 is 25.6 Å². The van der Waals surface area contributed by atoms with E-state index in [1.54, 1.807) is 32.7 Å². The average molecular weight is 421 g/mol. The highest BCUT2D eigenvalue weighted by atomic mass is 31.2. The van der Waals surface area contributed by atoms with Crippen molar-refractivity contribution in [2.75, 3.05) is 42.5 Å². The maximum absolute atomic E-state index is 12.7. The molecule has 0 unspecified atom stereocenters. The first-order valence-corrected chi connectivity index (χ1v) is 12.1. The van der Waals surface area contributed by atoms with E-state index in [-0.39, 0.29) is 0 Å². The van der Waals surface area contributed by atoms with Gasteiger partial charge in [-0.3, -0.25) is 4.90 Å². The molecule has 2 aromatic carbocycles. The van der Waals surface area contributed by atoms with Gasteiger partial charge in [0.25, 0.3) is 0 Å². The number of para-hydroxylation sites is 1. The van der Waals surface area contributed by atoms with Gasteiger partial charge in [-0.2, -0.15) is 4.98 Å². The molecule has 1 aromatic heterocycles. The molecule has 0 saturated heterocycles. The summed E-state index contributed by atoms with van der Waals surface area (Å²) in [6, 6.07) is 13.5. The second kappa shape index (κ2) is 7.84. The van der Waals surface area contributed by atoms with E-state index in [2.05, 4.69) is 27.2 Å². The fraction of sp³-hybridized carbons (Fsp3) is 0.182. The Bertz CT molecular complexity index is 1160. The summed E-state index contributed by atoms with van der Waals surface area (Å²) in [5.41, 5.74) is 3.51. The van der Waals surface area contributed by atoms with Crippen LogP contribution in [0.15, 0.2) is 61.3 Å². The van der Waals surface area contributed by atoms with Crippen LogP contribution in [0.25, 0.3) is 0 Å². The number of aromatic nitrogens is 2. The molecule has 0 atom stereocenters. The number of ether oxygens (including phenoxy) is 1. The van der Waals surface area contributed by atoms with Crippen molar-refractivity contribution in [1.29, 1.82) is 0 Å². The summed E-state index contributed by atoms with van der Waals surface area (Å²) in [6.07, 6.45) is 3.56. The van der Waals surface area contributed by atoms with Gasteiger partial charge in [0.15, 0.2) is 5.82 Å². The molecule has 1 aliphatic rings. The van der Waals surface area contributed by atoms with Crippen LogP contribution >= 0.6 is 7.14 Å². The van der Waals surface area contributed by atoms with Crippen LogP contribution in [0.4, 0.5) is 34.5 Å². The topological polar surface area (TPSA) is 79.2 Å². The van der Waals surface area contributed by atoms with Gasteiger partial charge in [0, 0.05) is 23.6 Å². The lowest BCUT2D eigenvalue weighted by Gasteiger charge is -2.13. The molecule has 0 aliphatic carbocycles. The summed E-state index contributed by atoms with van der Waals surface area (Å²) >= 11 is 0. The number of nitrogens with zero attached hydrogens (tertiary/aromatic N) is 3. The van der Waals surface area contributed by atoms with Gasteiger partial charge in [0.2, 0.25) is 5.95 Å². The predicted molar refractivity (Wildman–Crippen MR) is 124 cm³/mol. The monoisotopic (exact) mass is 421 g/mol. The highest BCUT2D eigenvalue weighted by Gasteiger charge is 2.36. The largest absolute Gasteiger partial charge is 0.494 e. The van der Waals surface area contributed by atoms with Crippen LogP contribution in [-0.2, 0) is 4.57 Å². The molecular formula is C22H24N5O2P. The standard InChI is InChI=1S/C22H24N5O2P/c1-5-12-23-15-10-11-16(19(13-15)29-2)25-22-24-14-18-21(26-22)27(18)17-8-6-7-9-20(17)30(3,4)28/h5-11,13-14,23H,1,12H2,2-4H3,(H,24,25,26). The van der Waals surface area contributed by atoms with Gasteiger partial charge in [-0.1, -0.05) is 18.2 Å². The molecule has 1 aliphatic heterocycles. The molecule has 154 valence electrons. The highest BCUT2D eigenvalue weighted by Crippen LogP contribution is 2.53. The minimum Gasteiger partial charge on any atom is -0.494 e. The second-order valence-electron chi connectivity index (χ2n) is 7.29. The molecule has 8 heteroatoms. The Balaban J connectivity index is 1.57. The van der Waals surface area contributed by atoms with E-state index < -0.39 is 7.14 Å². The third kappa shape index (κ3) is 3.89. The van der Waals surface area contributed by atoms with E-state index in [1.165, 1.54) is 0 Å². The van der Waals surface area contributed by atoms with E-state index in [0.717, 1.165) is 33.9 Å². The second-order valence-corrected chi connectivity index (χ2v) is 10.5. The van der Waals surface area contributed by atoms with Crippen LogP contribution in [0.1, 0.15) is 0 Å². The molecule has 2 heterocycles. The Morgan fingerprint density at radius 3 is 2.73 bits per heavy atom. The molecule has 0 saturated carbocycles. The van der Waals surface area contributed by atoms with Gasteiger partial charge in [0.05, 0.1) is 24.7 Å². The molecule has 0 amide bonds. The molecule has 0 spiro atoms. The molecule has 2 N–H and O–H groups in total. The zero-order valence-corrected chi connectivity index (χ0v) is 18.1. The van der Waals surface area contributed by atoms with Crippen molar-refractivity contribution >= 4 is 47.0 Å². The van der Waals surface area contributed by atoms with E-state index in [9.17, 15) is 4.57 Å². The fourth-order valence-electron chi connectivity index (χ4n) is 3.27. The lowest BCUT2D eigenvalue weighted by molar-refractivity contribution is 0.417. The first-order chi connectivity index (χ1) is 14.4. The Morgan fingerprint density at radius 2 is 2.00 bits per heavy atom. The number of anilines is 6. The summed E-state index contributed by atoms with van der Waals surface area (Å²) in [4.78, 5) is 11.0. The molecule has 4 rings (SSSR count).